The van der Waals surface area contributed by atoms with Gasteiger partial charge in [0, 0.05) is 17.1 Å². The van der Waals surface area contributed by atoms with Gasteiger partial charge in [0.15, 0.2) is 0 Å². The zero-order chi connectivity index (χ0) is 12.7. The summed E-state index contributed by atoms with van der Waals surface area (Å²) in [7, 11) is 1.94. The van der Waals surface area contributed by atoms with Crippen molar-refractivity contribution in [3.05, 3.63) is 34.6 Å². The first-order valence-electron chi connectivity index (χ1n) is 5.96. The molecule has 0 radical (unpaired) electrons. The lowest BCUT2D eigenvalue weighted by molar-refractivity contribution is 0.441. The molecule has 4 heteroatoms. The van der Waals surface area contributed by atoms with Crippen LogP contribution in [0.4, 0.5) is 4.39 Å². The Kier molecular flexibility index (Phi) is 6.48. The number of halogens is 2. The fourth-order valence-electron chi connectivity index (χ4n) is 1.74. The summed E-state index contributed by atoms with van der Waals surface area (Å²) < 4.78 is 13.4. The van der Waals surface area contributed by atoms with Crippen molar-refractivity contribution in [2.75, 3.05) is 20.1 Å². The number of hydrogen-bond donors (Lipinski definition) is 2. The van der Waals surface area contributed by atoms with Gasteiger partial charge >= 0.3 is 0 Å². The Morgan fingerprint density at radius 3 is 2.76 bits per heavy atom. The van der Waals surface area contributed by atoms with E-state index in [-0.39, 0.29) is 5.82 Å². The molecule has 2 N–H and O–H groups in total. The lowest BCUT2D eigenvalue weighted by Crippen LogP contribution is -2.29. The van der Waals surface area contributed by atoms with Crippen LogP contribution in [0.25, 0.3) is 0 Å². The van der Waals surface area contributed by atoms with Gasteiger partial charge in [-0.3, -0.25) is 0 Å². The summed E-state index contributed by atoms with van der Waals surface area (Å²) in [6.45, 7) is 4.53. The summed E-state index contributed by atoms with van der Waals surface area (Å²) in [5, 5.41) is 6.99. The predicted molar refractivity (Wildman–Crippen MR) is 70.8 cm³/mol. The van der Waals surface area contributed by atoms with E-state index in [2.05, 4.69) is 17.6 Å². The van der Waals surface area contributed by atoms with Gasteiger partial charge in [0.05, 0.1) is 0 Å². The van der Waals surface area contributed by atoms with Gasteiger partial charge in [-0.25, -0.2) is 4.39 Å². The fourth-order valence-corrected chi connectivity index (χ4v) is 1.93. The average Bonchev–Trinajstić information content (AvgIpc) is 2.32. The van der Waals surface area contributed by atoms with Crippen molar-refractivity contribution in [2.24, 2.45) is 5.92 Å². The SMILES string of the molecule is CCC(CNC)CNCc1cc(Cl)ccc1F. The van der Waals surface area contributed by atoms with Crippen molar-refractivity contribution in [1.82, 2.24) is 10.6 Å². The van der Waals surface area contributed by atoms with E-state index in [9.17, 15) is 4.39 Å². The highest BCUT2D eigenvalue weighted by atomic mass is 35.5. The number of benzene rings is 1. The molecule has 2 nitrogen and oxygen atoms in total. The zero-order valence-corrected chi connectivity index (χ0v) is 11.1. The summed E-state index contributed by atoms with van der Waals surface area (Å²) in [5.74, 6) is 0.366. The molecule has 0 aromatic heterocycles. The maximum atomic E-state index is 13.4. The number of hydrogen-bond acceptors (Lipinski definition) is 2. The predicted octanol–water partition coefficient (Wildman–Crippen LogP) is 2.81. The van der Waals surface area contributed by atoms with Crippen LogP contribution in [0.2, 0.25) is 5.02 Å². The molecule has 1 unspecified atom stereocenters. The molecule has 0 bridgehead atoms. The van der Waals surface area contributed by atoms with Gasteiger partial charge in [-0.15, -0.1) is 0 Å². The molecular weight excluding hydrogens is 239 g/mol. The molecule has 1 rings (SSSR count). The molecule has 0 heterocycles. The first-order valence-corrected chi connectivity index (χ1v) is 6.34. The van der Waals surface area contributed by atoms with Crippen LogP contribution in [0.5, 0.6) is 0 Å². The van der Waals surface area contributed by atoms with Crippen molar-refractivity contribution in [2.45, 2.75) is 19.9 Å². The normalized spacial score (nSPS) is 12.7. The highest BCUT2D eigenvalue weighted by molar-refractivity contribution is 6.30. The van der Waals surface area contributed by atoms with Crippen molar-refractivity contribution >= 4 is 11.6 Å². The summed E-state index contributed by atoms with van der Waals surface area (Å²) in [5.41, 5.74) is 0.622. The minimum Gasteiger partial charge on any atom is -0.319 e. The van der Waals surface area contributed by atoms with Crippen LogP contribution in [0.1, 0.15) is 18.9 Å². The van der Waals surface area contributed by atoms with Crippen molar-refractivity contribution in [3.8, 4) is 0 Å². The Hall–Kier alpha value is -0.640. The minimum absolute atomic E-state index is 0.205. The van der Waals surface area contributed by atoms with Gasteiger partial charge in [-0.05, 0) is 44.3 Å². The molecule has 0 aliphatic rings. The molecule has 17 heavy (non-hydrogen) atoms. The highest BCUT2D eigenvalue weighted by Gasteiger charge is 2.06. The van der Waals surface area contributed by atoms with E-state index < -0.39 is 0 Å². The average molecular weight is 259 g/mol. The topological polar surface area (TPSA) is 24.1 Å². The van der Waals surface area contributed by atoms with Gasteiger partial charge in [-0.2, -0.15) is 0 Å². The molecule has 96 valence electrons. The Labute approximate surface area is 108 Å². The van der Waals surface area contributed by atoms with Crippen LogP contribution in [0.15, 0.2) is 18.2 Å². The largest absolute Gasteiger partial charge is 0.319 e. The highest BCUT2D eigenvalue weighted by Crippen LogP contribution is 2.14. The third-order valence-corrected chi connectivity index (χ3v) is 3.06. The Balaban J connectivity index is 2.42. The van der Waals surface area contributed by atoms with Crippen LogP contribution in [0.3, 0.4) is 0 Å². The molecule has 0 saturated heterocycles. The lowest BCUT2D eigenvalue weighted by atomic mass is 10.1. The first-order chi connectivity index (χ1) is 8.17. The molecule has 0 amide bonds. The Morgan fingerprint density at radius 1 is 1.35 bits per heavy atom. The minimum atomic E-state index is -0.205. The van der Waals surface area contributed by atoms with Crippen LogP contribution >= 0.6 is 11.6 Å². The van der Waals surface area contributed by atoms with Gasteiger partial charge in [0.25, 0.3) is 0 Å². The molecule has 0 aliphatic heterocycles. The Bertz CT molecular complexity index is 344. The maximum absolute atomic E-state index is 13.4. The third-order valence-electron chi connectivity index (χ3n) is 2.83. The standard InChI is InChI=1S/C13H20ClFN2/c1-3-10(7-16-2)8-17-9-11-6-12(14)4-5-13(11)15/h4-6,10,16-17H,3,7-9H2,1-2H3. The first kappa shape index (κ1) is 14.4. The van der Waals surface area contributed by atoms with E-state index in [1.54, 1.807) is 12.1 Å². The maximum Gasteiger partial charge on any atom is 0.127 e. The second-order valence-corrected chi connectivity index (χ2v) is 4.64. The van der Waals surface area contributed by atoms with Crippen molar-refractivity contribution in [1.29, 1.82) is 0 Å². The summed E-state index contributed by atoms with van der Waals surface area (Å²) in [6.07, 6.45) is 1.10. The van der Waals surface area contributed by atoms with Crippen LogP contribution in [-0.4, -0.2) is 20.1 Å². The van der Waals surface area contributed by atoms with E-state index in [0.29, 0.717) is 23.0 Å². The molecule has 1 aromatic rings. The monoisotopic (exact) mass is 258 g/mol. The van der Waals surface area contributed by atoms with Crippen LogP contribution in [-0.2, 0) is 6.54 Å². The number of rotatable bonds is 7. The van der Waals surface area contributed by atoms with Crippen LogP contribution in [0, 0.1) is 11.7 Å². The lowest BCUT2D eigenvalue weighted by Gasteiger charge is -2.15. The van der Waals surface area contributed by atoms with E-state index in [4.69, 9.17) is 11.6 Å². The summed E-state index contributed by atoms with van der Waals surface area (Å²) in [6, 6.07) is 4.64. The Morgan fingerprint density at radius 2 is 2.12 bits per heavy atom. The molecule has 1 atom stereocenters. The molecule has 0 fully saturated rings. The summed E-state index contributed by atoms with van der Waals surface area (Å²) >= 11 is 5.83. The van der Waals surface area contributed by atoms with Gasteiger partial charge in [-0.1, -0.05) is 24.9 Å². The molecule has 0 spiro atoms. The quantitative estimate of drug-likeness (QED) is 0.786. The molecule has 0 aliphatic carbocycles. The van der Waals surface area contributed by atoms with Crippen molar-refractivity contribution in [3.63, 3.8) is 0 Å². The number of nitrogens with one attached hydrogen (secondary N) is 2. The third kappa shape index (κ3) is 5.02. The zero-order valence-electron chi connectivity index (χ0n) is 10.4. The second-order valence-electron chi connectivity index (χ2n) is 4.20. The smallest absolute Gasteiger partial charge is 0.127 e. The summed E-state index contributed by atoms with van der Waals surface area (Å²) in [4.78, 5) is 0. The second kappa shape index (κ2) is 7.64. The van der Waals surface area contributed by atoms with Gasteiger partial charge in [0.2, 0.25) is 0 Å². The van der Waals surface area contributed by atoms with E-state index in [1.165, 1.54) is 6.07 Å². The molecule has 0 saturated carbocycles. The van der Waals surface area contributed by atoms with Gasteiger partial charge in [0.1, 0.15) is 5.82 Å². The van der Waals surface area contributed by atoms with E-state index in [1.807, 2.05) is 7.05 Å². The van der Waals surface area contributed by atoms with Crippen molar-refractivity contribution < 1.29 is 4.39 Å². The molecular formula is C13H20ClFN2. The fraction of sp³-hybridized carbons (Fsp3) is 0.538. The molecule has 1 aromatic carbocycles. The van der Waals surface area contributed by atoms with Crippen LogP contribution < -0.4 is 10.6 Å². The van der Waals surface area contributed by atoms with E-state index >= 15 is 0 Å². The van der Waals surface area contributed by atoms with E-state index in [0.717, 1.165) is 19.5 Å². The van der Waals surface area contributed by atoms with Gasteiger partial charge < -0.3 is 10.6 Å².